The Morgan fingerprint density at radius 1 is 1.05 bits per heavy atom. The van der Waals surface area contributed by atoms with Crippen molar-refractivity contribution in [2.24, 2.45) is 0 Å². The van der Waals surface area contributed by atoms with E-state index < -0.39 is 0 Å². The van der Waals surface area contributed by atoms with E-state index in [1.165, 1.54) is 0 Å². The first-order chi connectivity index (χ1) is 9.95. The molecule has 0 saturated carbocycles. The minimum absolute atomic E-state index is 0.0851. The van der Waals surface area contributed by atoms with Gasteiger partial charge in [-0.05, 0) is 55.9 Å². The fourth-order valence-electron chi connectivity index (χ4n) is 1.78. The molecule has 0 aliphatic rings. The Labute approximate surface area is 128 Å². The maximum atomic E-state index is 12.0. The van der Waals surface area contributed by atoms with Crippen LogP contribution in [0, 0.1) is 13.8 Å². The van der Waals surface area contributed by atoms with Crippen LogP contribution in [0.1, 0.15) is 21.5 Å². The molecule has 0 heterocycles. The van der Waals surface area contributed by atoms with Gasteiger partial charge in [-0.2, -0.15) is 0 Å². The van der Waals surface area contributed by atoms with Crippen LogP contribution in [0.2, 0.25) is 0 Å². The van der Waals surface area contributed by atoms with E-state index in [4.69, 9.17) is 12.2 Å². The molecule has 0 saturated heterocycles. The Balaban J connectivity index is 2.01. The average Bonchev–Trinajstić information content (AvgIpc) is 2.42. The summed E-state index contributed by atoms with van der Waals surface area (Å²) in [7, 11) is 0. The molecule has 0 unspecified atom stereocenters. The highest BCUT2D eigenvalue weighted by molar-refractivity contribution is 7.80. The van der Waals surface area contributed by atoms with Crippen molar-refractivity contribution < 1.29 is 9.90 Å². The Kier molecular flexibility index (Phi) is 4.55. The summed E-state index contributed by atoms with van der Waals surface area (Å²) < 4.78 is 0. The lowest BCUT2D eigenvalue weighted by Gasteiger charge is -2.11. The number of carbonyl (C=O) groups is 1. The number of carbonyl (C=O) groups excluding carboxylic acids is 1. The lowest BCUT2D eigenvalue weighted by molar-refractivity contribution is 0.0977. The molecule has 0 aliphatic heterocycles. The standard InChI is InChI=1S/C16H16N2O2S/c1-10-3-6-12(7-4-10)15(20)18-16(21)17-13-8-5-11(2)9-14(13)19/h3-9,19H,1-2H3,(H2,17,18,20,21). The number of hydrogen-bond acceptors (Lipinski definition) is 3. The smallest absolute Gasteiger partial charge is 0.257 e. The maximum absolute atomic E-state index is 12.0. The van der Waals surface area contributed by atoms with Crippen LogP contribution >= 0.6 is 12.2 Å². The van der Waals surface area contributed by atoms with E-state index in [1.54, 1.807) is 24.3 Å². The molecule has 0 aliphatic carbocycles. The molecule has 0 radical (unpaired) electrons. The van der Waals surface area contributed by atoms with Crippen molar-refractivity contribution in [3.8, 4) is 5.75 Å². The Morgan fingerprint density at radius 2 is 1.67 bits per heavy atom. The van der Waals surface area contributed by atoms with Crippen LogP contribution in [0.4, 0.5) is 5.69 Å². The first-order valence-corrected chi connectivity index (χ1v) is 6.85. The summed E-state index contributed by atoms with van der Waals surface area (Å²) in [5.41, 5.74) is 3.00. The van der Waals surface area contributed by atoms with Crippen LogP contribution in [0.5, 0.6) is 5.75 Å². The highest BCUT2D eigenvalue weighted by Crippen LogP contribution is 2.23. The molecule has 3 N–H and O–H groups in total. The van der Waals surface area contributed by atoms with E-state index in [1.807, 2.05) is 32.0 Å². The fraction of sp³-hybridized carbons (Fsp3) is 0.125. The molecule has 2 aromatic rings. The van der Waals surface area contributed by atoms with Crippen LogP contribution in [-0.2, 0) is 0 Å². The normalized spacial score (nSPS) is 10.0. The van der Waals surface area contributed by atoms with Crippen LogP contribution in [0.25, 0.3) is 0 Å². The summed E-state index contributed by atoms with van der Waals surface area (Å²) in [6.07, 6.45) is 0. The Bertz CT molecular complexity index is 681. The highest BCUT2D eigenvalue weighted by atomic mass is 32.1. The number of aryl methyl sites for hydroxylation is 2. The van der Waals surface area contributed by atoms with Gasteiger partial charge in [-0.3, -0.25) is 10.1 Å². The number of benzene rings is 2. The molecule has 4 nitrogen and oxygen atoms in total. The van der Waals surface area contributed by atoms with E-state index in [0.29, 0.717) is 11.3 Å². The number of phenolic OH excluding ortho intramolecular Hbond substituents is 1. The third kappa shape index (κ3) is 4.03. The van der Waals surface area contributed by atoms with Gasteiger partial charge in [-0.1, -0.05) is 23.8 Å². The second kappa shape index (κ2) is 6.37. The second-order valence-electron chi connectivity index (χ2n) is 4.79. The summed E-state index contributed by atoms with van der Waals surface area (Å²) >= 11 is 5.08. The monoisotopic (exact) mass is 300 g/mol. The minimum Gasteiger partial charge on any atom is -0.506 e. The summed E-state index contributed by atoms with van der Waals surface area (Å²) in [6, 6.07) is 12.3. The molecule has 5 heteroatoms. The maximum Gasteiger partial charge on any atom is 0.257 e. The molecule has 0 atom stereocenters. The molecule has 0 bridgehead atoms. The third-order valence-electron chi connectivity index (χ3n) is 2.94. The van der Waals surface area contributed by atoms with Crippen LogP contribution in [0.15, 0.2) is 42.5 Å². The van der Waals surface area contributed by atoms with E-state index in [-0.39, 0.29) is 16.8 Å². The molecule has 0 aromatic heterocycles. The minimum atomic E-state index is -0.292. The summed E-state index contributed by atoms with van der Waals surface area (Å²) in [4.78, 5) is 12.0. The zero-order valence-electron chi connectivity index (χ0n) is 11.8. The van der Waals surface area contributed by atoms with E-state index in [0.717, 1.165) is 11.1 Å². The number of phenols is 1. The van der Waals surface area contributed by atoms with Gasteiger partial charge in [0.05, 0.1) is 5.69 Å². The zero-order chi connectivity index (χ0) is 15.4. The Morgan fingerprint density at radius 3 is 2.29 bits per heavy atom. The van der Waals surface area contributed by atoms with Crippen LogP contribution < -0.4 is 10.6 Å². The molecule has 108 valence electrons. The topological polar surface area (TPSA) is 61.4 Å². The summed E-state index contributed by atoms with van der Waals surface area (Å²) in [6.45, 7) is 3.83. The van der Waals surface area contributed by atoms with Gasteiger partial charge in [0.1, 0.15) is 5.75 Å². The van der Waals surface area contributed by atoms with Gasteiger partial charge in [0.2, 0.25) is 0 Å². The van der Waals surface area contributed by atoms with Crippen molar-refractivity contribution in [3.05, 3.63) is 59.2 Å². The fourth-order valence-corrected chi connectivity index (χ4v) is 1.98. The predicted molar refractivity (Wildman–Crippen MR) is 87.7 cm³/mol. The Hall–Kier alpha value is -2.40. The van der Waals surface area contributed by atoms with Crippen molar-refractivity contribution >= 4 is 28.9 Å². The van der Waals surface area contributed by atoms with Crippen molar-refractivity contribution in [2.45, 2.75) is 13.8 Å². The molecule has 2 aromatic carbocycles. The highest BCUT2D eigenvalue weighted by Gasteiger charge is 2.09. The number of aromatic hydroxyl groups is 1. The molecule has 1 amide bonds. The van der Waals surface area contributed by atoms with E-state index in [9.17, 15) is 9.90 Å². The van der Waals surface area contributed by atoms with Gasteiger partial charge in [-0.15, -0.1) is 0 Å². The summed E-state index contributed by atoms with van der Waals surface area (Å²) in [5.74, 6) is -0.207. The van der Waals surface area contributed by atoms with Crippen LogP contribution in [-0.4, -0.2) is 16.1 Å². The first-order valence-electron chi connectivity index (χ1n) is 6.44. The van der Waals surface area contributed by atoms with Crippen molar-refractivity contribution in [2.75, 3.05) is 5.32 Å². The largest absolute Gasteiger partial charge is 0.506 e. The molecular weight excluding hydrogens is 284 g/mol. The third-order valence-corrected chi connectivity index (χ3v) is 3.15. The van der Waals surface area contributed by atoms with Gasteiger partial charge in [0, 0.05) is 5.56 Å². The zero-order valence-corrected chi connectivity index (χ0v) is 12.6. The molecule has 21 heavy (non-hydrogen) atoms. The average molecular weight is 300 g/mol. The van der Waals surface area contributed by atoms with Gasteiger partial charge >= 0.3 is 0 Å². The SMILES string of the molecule is Cc1ccc(C(=O)NC(=S)Nc2ccc(C)cc2O)cc1. The number of amides is 1. The molecule has 0 fully saturated rings. The van der Waals surface area contributed by atoms with Gasteiger partial charge in [0.15, 0.2) is 5.11 Å². The van der Waals surface area contributed by atoms with E-state index in [2.05, 4.69) is 10.6 Å². The molecule has 0 spiro atoms. The first kappa shape index (κ1) is 15.0. The van der Waals surface area contributed by atoms with E-state index >= 15 is 0 Å². The number of anilines is 1. The lowest BCUT2D eigenvalue weighted by atomic mass is 10.1. The van der Waals surface area contributed by atoms with Gasteiger partial charge < -0.3 is 10.4 Å². The second-order valence-corrected chi connectivity index (χ2v) is 5.20. The van der Waals surface area contributed by atoms with Crippen molar-refractivity contribution in [3.63, 3.8) is 0 Å². The number of nitrogens with one attached hydrogen (secondary N) is 2. The van der Waals surface area contributed by atoms with Gasteiger partial charge in [-0.25, -0.2) is 0 Å². The van der Waals surface area contributed by atoms with Crippen molar-refractivity contribution in [1.82, 2.24) is 5.32 Å². The van der Waals surface area contributed by atoms with Crippen LogP contribution in [0.3, 0.4) is 0 Å². The lowest BCUT2D eigenvalue weighted by Crippen LogP contribution is -2.34. The number of thiocarbonyl (C=S) groups is 1. The van der Waals surface area contributed by atoms with Gasteiger partial charge in [0.25, 0.3) is 5.91 Å². The quantitative estimate of drug-likeness (QED) is 0.589. The summed E-state index contributed by atoms with van der Waals surface area (Å²) in [5, 5.41) is 15.3. The van der Waals surface area contributed by atoms with Crippen molar-refractivity contribution in [1.29, 1.82) is 0 Å². The number of hydrogen-bond donors (Lipinski definition) is 3. The molecule has 2 rings (SSSR count). The number of rotatable bonds is 2. The predicted octanol–water partition coefficient (Wildman–Crippen LogP) is 3.14. The molecular formula is C16H16N2O2S.